The molecule has 19 heavy (non-hydrogen) atoms. The fraction of sp³-hybridized carbons (Fsp3) is 0.385. The van der Waals surface area contributed by atoms with Crippen LogP contribution in [0.2, 0.25) is 10.0 Å². The highest BCUT2D eigenvalue weighted by Crippen LogP contribution is 2.27. The zero-order valence-corrected chi connectivity index (χ0v) is 12.3. The van der Waals surface area contributed by atoms with E-state index in [0.717, 1.165) is 12.1 Å². The SMILES string of the molecule is CCNC(C)Cc1nc(-c2ccc(Cl)c(Cl)c2)no1. The van der Waals surface area contributed by atoms with Gasteiger partial charge in [0.05, 0.1) is 10.0 Å². The van der Waals surface area contributed by atoms with Crippen molar-refractivity contribution in [3.63, 3.8) is 0 Å². The summed E-state index contributed by atoms with van der Waals surface area (Å²) in [6.07, 6.45) is 0.697. The van der Waals surface area contributed by atoms with E-state index in [1.165, 1.54) is 0 Å². The first kappa shape index (κ1) is 14.3. The lowest BCUT2D eigenvalue weighted by atomic mass is 10.2. The van der Waals surface area contributed by atoms with Gasteiger partial charge in [0.25, 0.3) is 0 Å². The summed E-state index contributed by atoms with van der Waals surface area (Å²) in [5.74, 6) is 1.13. The van der Waals surface area contributed by atoms with Crippen molar-refractivity contribution in [1.29, 1.82) is 0 Å². The first-order valence-electron chi connectivity index (χ1n) is 6.11. The molecule has 0 saturated heterocycles. The molecule has 0 fully saturated rings. The zero-order valence-electron chi connectivity index (χ0n) is 10.8. The van der Waals surface area contributed by atoms with Crippen molar-refractivity contribution < 1.29 is 4.52 Å². The lowest BCUT2D eigenvalue weighted by Crippen LogP contribution is -2.27. The van der Waals surface area contributed by atoms with Crippen molar-refractivity contribution in [2.75, 3.05) is 6.54 Å². The predicted octanol–water partition coefficient (Wildman–Crippen LogP) is 3.58. The largest absolute Gasteiger partial charge is 0.339 e. The summed E-state index contributed by atoms with van der Waals surface area (Å²) in [6.45, 7) is 5.05. The summed E-state index contributed by atoms with van der Waals surface area (Å²) in [5.41, 5.74) is 0.792. The molecule has 1 aromatic heterocycles. The molecular weight excluding hydrogens is 285 g/mol. The van der Waals surface area contributed by atoms with Gasteiger partial charge in [-0.05, 0) is 31.7 Å². The second-order valence-electron chi connectivity index (χ2n) is 4.30. The molecular formula is C13H15Cl2N3O. The molecule has 0 saturated carbocycles. The van der Waals surface area contributed by atoms with Crippen molar-refractivity contribution in [3.05, 3.63) is 34.1 Å². The van der Waals surface area contributed by atoms with E-state index in [0.29, 0.717) is 34.2 Å². The molecule has 1 unspecified atom stereocenters. The smallest absolute Gasteiger partial charge is 0.228 e. The quantitative estimate of drug-likeness (QED) is 0.917. The highest BCUT2D eigenvalue weighted by molar-refractivity contribution is 6.42. The van der Waals surface area contributed by atoms with E-state index < -0.39 is 0 Å². The van der Waals surface area contributed by atoms with E-state index in [9.17, 15) is 0 Å². The van der Waals surface area contributed by atoms with Crippen LogP contribution >= 0.6 is 23.2 Å². The van der Waals surface area contributed by atoms with Crippen LogP contribution in [0.25, 0.3) is 11.4 Å². The number of aromatic nitrogens is 2. The van der Waals surface area contributed by atoms with Gasteiger partial charge in [-0.2, -0.15) is 4.98 Å². The summed E-state index contributed by atoms with van der Waals surface area (Å²) >= 11 is 11.8. The molecule has 0 aliphatic carbocycles. The van der Waals surface area contributed by atoms with Gasteiger partial charge in [-0.25, -0.2) is 0 Å². The Balaban J connectivity index is 2.14. The molecule has 102 valence electrons. The van der Waals surface area contributed by atoms with Gasteiger partial charge in [-0.1, -0.05) is 35.3 Å². The van der Waals surface area contributed by atoms with Gasteiger partial charge < -0.3 is 9.84 Å². The van der Waals surface area contributed by atoms with Gasteiger partial charge in [0.2, 0.25) is 11.7 Å². The minimum atomic E-state index is 0.298. The minimum Gasteiger partial charge on any atom is -0.339 e. The molecule has 0 aliphatic heterocycles. The van der Waals surface area contributed by atoms with Gasteiger partial charge in [-0.15, -0.1) is 0 Å². The number of benzene rings is 1. The Bertz CT molecular complexity index is 557. The summed E-state index contributed by atoms with van der Waals surface area (Å²) in [6, 6.07) is 5.56. The van der Waals surface area contributed by atoms with Crippen molar-refractivity contribution in [2.45, 2.75) is 26.3 Å². The Morgan fingerprint density at radius 3 is 2.79 bits per heavy atom. The number of likely N-dealkylation sites (N-methyl/N-ethyl adjacent to an activating group) is 1. The molecule has 0 radical (unpaired) electrons. The first-order chi connectivity index (χ1) is 9.10. The minimum absolute atomic E-state index is 0.298. The van der Waals surface area contributed by atoms with Crippen LogP contribution in [0.15, 0.2) is 22.7 Å². The Morgan fingerprint density at radius 1 is 1.32 bits per heavy atom. The van der Waals surface area contributed by atoms with E-state index in [1.54, 1.807) is 12.1 Å². The Kier molecular flexibility index (Phi) is 4.80. The van der Waals surface area contributed by atoms with Crippen molar-refractivity contribution in [1.82, 2.24) is 15.5 Å². The first-order valence-corrected chi connectivity index (χ1v) is 6.87. The van der Waals surface area contributed by atoms with Crippen molar-refractivity contribution >= 4 is 23.2 Å². The number of hydrogen-bond donors (Lipinski definition) is 1. The number of nitrogens with zero attached hydrogens (tertiary/aromatic N) is 2. The third-order valence-corrected chi connectivity index (χ3v) is 3.42. The molecule has 1 atom stereocenters. The Morgan fingerprint density at radius 2 is 2.11 bits per heavy atom. The fourth-order valence-corrected chi connectivity index (χ4v) is 2.07. The van der Waals surface area contributed by atoms with Crippen LogP contribution in [-0.4, -0.2) is 22.7 Å². The molecule has 0 spiro atoms. The van der Waals surface area contributed by atoms with E-state index in [4.69, 9.17) is 27.7 Å². The average Bonchev–Trinajstić information content (AvgIpc) is 2.81. The molecule has 1 heterocycles. The maximum atomic E-state index is 5.97. The van der Waals surface area contributed by atoms with Crippen molar-refractivity contribution in [3.8, 4) is 11.4 Å². The lowest BCUT2D eigenvalue weighted by Gasteiger charge is -2.07. The summed E-state index contributed by atoms with van der Waals surface area (Å²) in [7, 11) is 0. The lowest BCUT2D eigenvalue weighted by molar-refractivity contribution is 0.363. The van der Waals surface area contributed by atoms with E-state index in [-0.39, 0.29) is 0 Å². The van der Waals surface area contributed by atoms with Gasteiger partial charge in [0, 0.05) is 18.0 Å². The average molecular weight is 300 g/mol. The summed E-state index contributed by atoms with van der Waals surface area (Å²) in [5, 5.41) is 8.24. The van der Waals surface area contributed by atoms with Crippen LogP contribution in [0.5, 0.6) is 0 Å². The number of nitrogens with one attached hydrogen (secondary N) is 1. The Labute approximate surface area is 122 Å². The molecule has 1 N–H and O–H groups in total. The highest BCUT2D eigenvalue weighted by Gasteiger charge is 2.12. The van der Waals surface area contributed by atoms with Gasteiger partial charge in [0.1, 0.15) is 0 Å². The molecule has 2 aromatic rings. The van der Waals surface area contributed by atoms with Crippen LogP contribution in [0.4, 0.5) is 0 Å². The number of halogens is 2. The third-order valence-electron chi connectivity index (χ3n) is 2.68. The van der Waals surface area contributed by atoms with E-state index in [1.807, 2.05) is 6.07 Å². The molecule has 2 rings (SSSR count). The Hall–Kier alpha value is -1.10. The second kappa shape index (κ2) is 6.37. The predicted molar refractivity (Wildman–Crippen MR) is 76.6 cm³/mol. The molecule has 4 nitrogen and oxygen atoms in total. The highest BCUT2D eigenvalue weighted by atomic mass is 35.5. The van der Waals surface area contributed by atoms with Gasteiger partial charge >= 0.3 is 0 Å². The standard InChI is InChI=1S/C13H15Cl2N3O/c1-3-16-8(2)6-12-17-13(18-19-12)9-4-5-10(14)11(15)7-9/h4-5,7-8,16H,3,6H2,1-2H3. The molecule has 1 aromatic carbocycles. The van der Waals surface area contributed by atoms with E-state index >= 15 is 0 Å². The van der Waals surface area contributed by atoms with Crippen LogP contribution < -0.4 is 5.32 Å². The van der Waals surface area contributed by atoms with Gasteiger partial charge in [-0.3, -0.25) is 0 Å². The van der Waals surface area contributed by atoms with Crippen LogP contribution in [0.3, 0.4) is 0 Å². The monoisotopic (exact) mass is 299 g/mol. The summed E-state index contributed by atoms with van der Waals surface area (Å²) in [4.78, 5) is 4.35. The zero-order chi connectivity index (χ0) is 13.8. The van der Waals surface area contributed by atoms with E-state index in [2.05, 4.69) is 29.3 Å². The fourth-order valence-electron chi connectivity index (χ4n) is 1.77. The number of rotatable bonds is 5. The van der Waals surface area contributed by atoms with Crippen LogP contribution in [-0.2, 0) is 6.42 Å². The van der Waals surface area contributed by atoms with Crippen molar-refractivity contribution in [2.24, 2.45) is 0 Å². The third kappa shape index (κ3) is 3.69. The van der Waals surface area contributed by atoms with Gasteiger partial charge in [0.15, 0.2) is 0 Å². The molecule has 6 heteroatoms. The summed E-state index contributed by atoms with van der Waals surface area (Å²) < 4.78 is 5.23. The normalized spacial score (nSPS) is 12.6. The maximum absolute atomic E-state index is 5.97. The topological polar surface area (TPSA) is 51.0 Å². The molecule has 0 aliphatic rings. The molecule has 0 bridgehead atoms. The van der Waals surface area contributed by atoms with Crippen LogP contribution in [0, 0.1) is 0 Å². The second-order valence-corrected chi connectivity index (χ2v) is 5.12. The molecule has 0 amide bonds. The maximum Gasteiger partial charge on any atom is 0.228 e. The number of hydrogen-bond acceptors (Lipinski definition) is 4. The van der Waals surface area contributed by atoms with Crippen LogP contribution in [0.1, 0.15) is 19.7 Å².